The molecule has 0 radical (unpaired) electrons. The molecule has 2 N–H and O–H groups in total. The number of nitrogens with zero attached hydrogens (tertiary/aromatic N) is 3. The second-order valence-electron chi connectivity index (χ2n) is 6.62. The second kappa shape index (κ2) is 6.29. The van der Waals surface area contributed by atoms with Crippen LogP contribution in [-0.4, -0.2) is 44.6 Å². The Kier molecular flexibility index (Phi) is 4.63. The van der Waals surface area contributed by atoms with E-state index in [0.29, 0.717) is 25.2 Å². The first kappa shape index (κ1) is 16.2. The molecule has 1 aromatic rings. The van der Waals surface area contributed by atoms with Crippen molar-refractivity contribution in [3.05, 3.63) is 18.6 Å². The minimum absolute atomic E-state index is 0.202. The molecule has 1 fully saturated rings. The van der Waals surface area contributed by atoms with Gasteiger partial charge in [-0.2, -0.15) is 0 Å². The highest BCUT2D eigenvalue weighted by molar-refractivity contribution is 5.92. The van der Waals surface area contributed by atoms with Gasteiger partial charge in [0.05, 0.1) is 18.2 Å². The van der Waals surface area contributed by atoms with Crippen LogP contribution in [0.4, 0.5) is 10.6 Å². The van der Waals surface area contributed by atoms with E-state index in [0.717, 1.165) is 0 Å². The quantitative estimate of drug-likeness (QED) is 0.873. The Morgan fingerprint density at radius 2 is 2.09 bits per heavy atom. The molecule has 0 saturated carbocycles. The Bertz CT molecular complexity index is 541. The topological polar surface area (TPSA) is 95.4 Å². The number of carboxylic acid groups (broad SMARTS) is 1. The number of carbonyl (C=O) groups excluding carboxylic acids is 1. The number of piperidine rings is 1. The van der Waals surface area contributed by atoms with Crippen molar-refractivity contribution in [1.82, 2.24) is 14.9 Å². The normalized spacial score (nSPS) is 22.2. The van der Waals surface area contributed by atoms with E-state index in [-0.39, 0.29) is 17.4 Å². The molecule has 2 rings (SSSR count). The van der Waals surface area contributed by atoms with E-state index in [1.54, 1.807) is 0 Å². The zero-order valence-electron chi connectivity index (χ0n) is 13.1. The van der Waals surface area contributed by atoms with Crippen LogP contribution in [0.5, 0.6) is 0 Å². The molecule has 0 bridgehead atoms. The molecular formula is C15H22N4O3. The first-order valence-corrected chi connectivity index (χ1v) is 7.37. The molecule has 0 spiro atoms. The van der Waals surface area contributed by atoms with Crippen molar-refractivity contribution >= 4 is 17.8 Å². The van der Waals surface area contributed by atoms with E-state index in [9.17, 15) is 14.7 Å². The Balaban J connectivity index is 2.22. The highest BCUT2D eigenvalue weighted by Crippen LogP contribution is 2.36. The number of hydrogen-bond donors (Lipinski definition) is 2. The van der Waals surface area contributed by atoms with Crippen LogP contribution in [-0.2, 0) is 4.79 Å². The van der Waals surface area contributed by atoms with Gasteiger partial charge in [0.25, 0.3) is 0 Å². The SMILES string of the molecule is CC(C)(C)C1C(C(=O)Nc2cnccn2)CCCN1C(=O)O. The molecule has 0 aliphatic carbocycles. The number of rotatable bonds is 2. The number of aromatic nitrogens is 2. The van der Waals surface area contributed by atoms with Gasteiger partial charge in [0, 0.05) is 18.9 Å². The molecule has 1 saturated heterocycles. The Labute approximate surface area is 129 Å². The summed E-state index contributed by atoms with van der Waals surface area (Å²) in [5.74, 6) is -0.217. The molecule has 2 unspecified atom stereocenters. The van der Waals surface area contributed by atoms with E-state index in [2.05, 4.69) is 15.3 Å². The highest BCUT2D eigenvalue weighted by atomic mass is 16.4. The fourth-order valence-corrected chi connectivity index (χ4v) is 3.14. The highest BCUT2D eigenvalue weighted by Gasteiger charge is 2.44. The van der Waals surface area contributed by atoms with Crippen molar-refractivity contribution in [2.45, 2.75) is 39.7 Å². The number of anilines is 1. The van der Waals surface area contributed by atoms with Crippen molar-refractivity contribution in [3.63, 3.8) is 0 Å². The molecule has 1 aliphatic rings. The van der Waals surface area contributed by atoms with Crippen LogP contribution >= 0.6 is 0 Å². The van der Waals surface area contributed by atoms with Crippen LogP contribution in [0.2, 0.25) is 0 Å². The molecule has 1 aromatic heterocycles. The first-order valence-electron chi connectivity index (χ1n) is 7.37. The lowest BCUT2D eigenvalue weighted by atomic mass is 9.73. The molecule has 1 aliphatic heterocycles. The van der Waals surface area contributed by atoms with Crippen molar-refractivity contribution in [1.29, 1.82) is 0 Å². The molecule has 2 heterocycles. The van der Waals surface area contributed by atoms with Crippen molar-refractivity contribution in [3.8, 4) is 0 Å². The third kappa shape index (κ3) is 3.52. The summed E-state index contributed by atoms with van der Waals surface area (Å²) in [5, 5.41) is 12.2. The summed E-state index contributed by atoms with van der Waals surface area (Å²) in [4.78, 5) is 33.4. The summed E-state index contributed by atoms with van der Waals surface area (Å²) in [6, 6.07) is -0.365. The standard InChI is InChI=1S/C15H22N4O3/c1-15(2,3)12-10(5-4-8-19(12)14(21)22)13(20)18-11-9-16-6-7-17-11/h6-7,9-10,12H,4-5,8H2,1-3H3,(H,21,22)(H,17,18,20). The summed E-state index contributed by atoms with van der Waals surface area (Å²) in [6.45, 7) is 6.34. The predicted molar refractivity (Wildman–Crippen MR) is 81.4 cm³/mol. The van der Waals surface area contributed by atoms with Gasteiger partial charge in [0.2, 0.25) is 5.91 Å². The maximum absolute atomic E-state index is 12.6. The van der Waals surface area contributed by atoms with E-state index >= 15 is 0 Å². The largest absolute Gasteiger partial charge is 0.465 e. The molecule has 2 atom stereocenters. The average Bonchev–Trinajstić information content (AvgIpc) is 2.46. The summed E-state index contributed by atoms with van der Waals surface area (Å²) in [7, 11) is 0. The zero-order chi connectivity index (χ0) is 16.3. The van der Waals surface area contributed by atoms with Crippen LogP contribution in [0.1, 0.15) is 33.6 Å². The van der Waals surface area contributed by atoms with Gasteiger partial charge in [0.1, 0.15) is 0 Å². The van der Waals surface area contributed by atoms with Crippen LogP contribution in [0.3, 0.4) is 0 Å². The van der Waals surface area contributed by atoms with Crippen molar-refractivity contribution in [2.24, 2.45) is 11.3 Å². The average molecular weight is 306 g/mol. The van der Waals surface area contributed by atoms with Gasteiger partial charge >= 0.3 is 6.09 Å². The van der Waals surface area contributed by atoms with E-state index < -0.39 is 12.0 Å². The summed E-state index contributed by atoms with van der Waals surface area (Å²) in [5.41, 5.74) is -0.330. The number of likely N-dealkylation sites (tertiary alicyclic amines) is 1. The zero-order valence-corrected chi connectivity index (χ0v) is 13.1. The summed E-state index contributed by atoms with van der Waals surface area (Å²) >= 11 is 0. The fraction of sp³-hybridized carbons (Fsp3) is 0.600. The van der Waals surface area contributed by atoms with Gasteiger partial charge in [0.15, 0.2) is 5.82 Å². The maximum Gasteiger partial charge on any atom is 0.407 e. The number of nitrogens with one attached hydrogen (secondary N) is 1. The monoisotopic (exact) mass is 306 g/mol. The van der Waals surface area contributed by atoms with Gasteiger partial charge in [-0.15, -0.1) is 0 Å². The minimum Gasteiger partial charge on any atom is -0.465 e. The van der Waals surface area contributed by atoms with Gasteiger partial charge in [-0.3, -0.25) is 9.78 Å². The Morgan fingerprint density at radius 3 is 2.64 bits per heavy atom. The summed E-state index contributed by atoms with van der Waals surface area (Å²) < 4.78 is 0. The lowest BCUT2D eigenvalue weighted by Crippen LogP contribution is -2.57. The van der Waals surface area contributed by atoms with E-state index in [1.165, 1.54) is 23.5 Å². The van der Waals surface area contributed by atoms with Gasteiger partial charge < -0.3 is 15.3 Å². The van der Waals surface area contributed by atoms with Crippen LogP contribution in [0, 0.1) is 11.3 Å². The third-order valence-electron chi connectivity index (χ3n) is 3.92. The fourth-order valence-electron chi connectivity index (χ4n) is 3.14. The van der Waals surface area contributed by atoms with Crippen molar-refractivity contribution < 1.29 is 14.7 Å². The van der Waals surface area contributed by atoms with Crippen LogP contribution in [0.15, 0.2) is 18.6 Å². The van der Waals surface area contributed by atoms with Crippen LogP contribution < -0.4 is 5.32 Å². The molecule has 7 nitrogen and oxygen atoms in total. The van der Waals surface area contributed by atoms with Gasteiger partial charge in [-0.25, -0.2) is 9.78 Å². The molecule has 22 heavy (non-hydrogen) atoms. The molecule has 7 heteroatoms. The predicted octanol–water partition coefficient (Wildman–Crippen LogP) is 2.22. The summed E-state index contributed by atoms with van der Waals surface area (Å²) in [6.07, 6.45) is 4.87. The van der Waals surface area contributed by atoms with Crippen LogP contribution in [0.25, 0.3) is 0 Å². The minimum atomic E-state index is -0.975. The van der Waals surface area contributed by atoms with Gasteiger partial charge in [-0.05, 0) is 18.3 Å². The van der Waals surface area contributed by atoms with E-state index in [4.69, 9.17) is 0 Å². The molecule has 0 aromatic carbocycles. The first-order chi connectivity index (χ1) is 10.3. The molecule has 2 amide bonds. The Hall–Kier alpha value is -2.18. The smallest absolute Gasteiger partial charge is 0.407 e. The van der Waals surface area contributed by atoms with E-state index in [1.807, 2.05) is 20.8 Å². The molecular weight excluding hydrogens is 284 g/mol. The number of carbonyl (C=O) groups is 2. The van der Waals surface area contributed by atoms with Gasteiger partial charge in [-0.1, -0.05) is 20.8 Å². The lowest BCUT2D eigenvalue weighted by Gasteiger charge is -2.45. The molecule has 120 valence electrons. The number of hydrogen-bond acceptors (Lipinski definition) is 4. The Morgan fingerprint density at radius 1 is 1.36 bits per heavy atom. The maximum atomic E-state index is 12.6. The third-order valence-corrected chi connectivity index (χ3v) is 3.92. The number of amides is 2. The lowest BCUT2D eigenvalue weighted by molar-refractivity contribution is -0.125. The van der Waals surface area contributed by atoms with Crippen molar-refractivity contribution in [2.75, 3.05) is 11.9 Å². The second-order valence-corrected chi connectivity index (χ2v) is 6.62.